The number of benzene rings is 1. The van der Waals surface area contributed by atoms with Gasteiger partial charge >= 0.3 is 12.1 Å². The summed E-state index contributed by atoms with van der Waals surface area (Å²) in [5.41, 5.74) is 0.110. The number of nitrogens with one attached hydrogen (secondary N) is 1. The summed E-state index contributed by atoms with van der Waals surface area (Å²) in [6.07, 6.45) is -0.675. The normalized spacial score (nSPS) is 10.8. The van der Waals surface area contributed by atoms with Crippen molar-refractivity contribution in [3.05, 3.63) is 48.2 Å². The van der Waals surface area contributed by atoms with Gasteiger partial charge in [-0.05, 0) is 43.3 Å². The third kappa shape index (κ3) is 4.09. The molecule has 138 valence electrons. The fraction of sp³-hybridized carbons (Fsp3) is 0.188. The largest absolute Gasteiger partial charge is 0.477 e. The maximum atomic E-state index is 12.9. The van der Waals surface area contributed by atoms with Crippen molar-refractivity contribution in [2.24, 2.45) is 0 Å². The van der Waals surface area contributed by atoms with E-state index in [9.17, 15) is 18.0 Å². The quantitative estimate of drug-likeness (QED) is 0.787. The van der Waals surface area contributed by atoms with Gasteiger partial charge in [-0.1, -0.05) is 6.07 Å². The summed E-state index contributed by atoms with van der Waals surface area (Å²) < 4.78 is 31.2. The van der Waals surface area contributed by atoms with Crippen molar-refractivity contribution >= 4 is 33.6 Å². The number of carboxylic acids is 1. The number of anilines is 2. The van der Waals surface area contributed by atoms with Gasteiger partial charge in [-0.15, -0.1) is 0 Å². The molecule has 0 bridgehead atoms. The van der Waals surface area contributed by atoms with Crippen LogP contribution in [0, 0.1) is 0 Å². The highest BCUT2D eigenvalue weighted by atomic mass is 32.2. The van der Waals surface area contributed by atoms with Crippen LogP contribution in [-0.2, 0) is 14.8 Å². The first-order valence-electron chi connectivity index (χ1n) is 7.47. The number of carboxylic acid groups (broad SMARTS) is 1. The van der Waals surface area contributed by atoms with E-state index in [0.717, 1.165) is 4.31 Å². The van der Waals surface area contributed by atoms with E-state index >= 15 is 0 Å². The standard InChI is InChI=1S/C16H17N3O6S/c1-3-19(14-6-4-5-13(18-14)15(20)21)26(23,24)12-9-7-11(8-10-12)17-16(22)25-2/h4-10H,3H2,1-2H3,(H,17,22)(H,20,21). The predicted octanol–water partition coefficient (Wildman–Crippen LogP) is 2.17. The van der Waals surface area contributed by atoms with Crippen molar-refractivity contribution in [3.63, 3.8) is 0 Å². The second-order valence-corrected chi connectivity index (χ2v) is 6.86. The number of carbonyl (C=O) groups excluding carboxylic acids is 1. The number of hydrogen-bond donors (Lipinski definition) is 2. The van der Waals surface area contributed by atoms with Gasteiger partial charge < -0.3 is 9.84 Å². The van der Waals surface area contributed by atoms with Gasteiger partial charge in [0.05, 0.1) is 12.0 Å². The summed E-state index contributed by atoms with van der Waals surface area (Å²) in [5.74, 6) is -1.25. The molecule has 2 aromatic rings. The van der Waals surface area contributed by atoms with Gasteiger partial charge in [-0.25, -0.2) is 23.0 Å². The number of aromatic carboxylic acids is 1. The molecule has 2 rings (SSSR count). The number of methoxy groups -OCH3 is 1. The molecule has 9 nitrogen and oxygen atoms in total. The number of hydrogen-bond acceptors (Lipinski definition) is 6. The van der Waals surface area contributed by atoms with Crippen LogP contribution >= 0.6 is 0 Å². The smallest absolute Gasteiger partial charge is 0.411 e. The minimum atomic E-state index is -3.96. The van der Waals surface area contributed by atoms with Crippen molar-refractivity contribution in [2.75, 3.05) is 23.3 Å². The van der Waals surface area contributed by atoms with Crippen molar-refractivity contribution in [1.82, 2.24) is 4.98 Å². The molecule has 0 aliphatic rings. The summed E-state index contributed by atoms with van der Waals surface area (Å²) in [4.78, 5) is 26.1. The van der Waals surface area contributed by atoms with Gasteiger partial charge in [0.2, 0.25) is 0 Å². The third-order valence-corrected chi connectivity index (χ3v) is 5.26. The van der Waals surface area contributed by atoms with E-state index in [1.54, 1.807) is 6.92 Å². The molecular formula is C16H17N3O6S. The van der Waals surface area contributed by atoms with Crippen LogP contribution in [0.25, 0.3) is 0 Å². The predicted molar refractivity (Wildman–Crippen MR) is 93.9 cm³/mol. The second-order valence-electron chi connectivity index (χ2n) is 5.00. The first kappa shape index (κ1) is 19.2. The number of amides is 1. The molecule has 0 aliphatic carbocycles. The Morgan fingerprint density at radius 3 is 2.38 bits per heavy atom. The van der Waals surface area contributed by atoms with E-state index in [0.29, 0.717) is 5.69 Å². The van der Waals surface area contributed by atoms with E-state index in [1.807, 2.05) is 0 Å². The number of aromatic nitrogens is 1. The summed E-state index contributed by atoms with van der Waals surface area (Å²) in [7, 11) is -2.75. The molecule has 1 amide bonds. The minimum absolute atomic E-state index is 0.00385. The Hall–Kier alpha value is -3.14. The zero-order valence-corrected chi connectivity index (χ0v) is 14.9. The SMILES string of the molecule is CCN(c1cccc(C(=O)O)n1)S(=O)(=O)c1ccc(NC(=O)OC)cc1. The van der Waals surface area contributed by atoms with Crippen LogP contribution in [0.15, 0.2) is 47.4 Å². The lowest BCUT2D eigenvalue weighted by Gasteiger charge is -2.22. The lowest BCUT2D eigenvalue weighted by Crippen LogP contribution is -2.31. The fourth-order valence-corrected chi connectivity index (χ4v) is 3.57. The zero-order chi connectivity index (χ0) is 19.3. The van der Waals surface area contributed by atoms with Crippen LogP contribution in [-0.4, -0.2) is 44.2 Å². The van der Waals surface area contributed by atoms with Gasteiger partial charge in [-0.3, -0.25) is 9.62 Å². The van der Waals surface area contributed by atoms with Gasteiger partial charge in [0, 0.05) is 12.2 Å². The summed E-state index contributed by atoms with van der Waals surface area (Å²) >= 11 is 0. The minimum Gasteiger partial charge on any atom is -0.477 e. The Morgan fingerprint density at radius 1 is 1.19 bits per heavy atom. The second kappa shape index (κ2) is 7.83. The van der Waals surface area contributed by atoms with E-state index in [2.05, 4.69) is 15.0 Å². The molecule has 0 atom stereocenters. The highest BCUT2D eigenvalue weighted by Gasteiger charge is 2.25. The first-order valence-corrected chi connectivity index (χ1v) is 8.91. The van der Waals surface area contributed by atoms with E-state index in [4.69, 9.17) is 5.11 Å². The van der Waals surface area contributed by atoms with Crippen molar-refractivity contribution in [3.8, 4) is 0 Å². The molecule has 0 saturated carbocycles. The monoisotopic (exact) mass is 379 g/mol. The molecule has 1 aromatic carbocycles. The van der Waals surface area contributed by atoms with E-state index in [1.165, 1.54) is 49.6 Å². The van der Waals surface area contributed by atoms with Crippen LogP contribution in [0.2, 0.25) is 0 Å². The third-order valence-electron chi connectivity index (χ3n) is 3.37. The molecular weight excluding hydrogens is 362 g/mol. The molecule has 26 heavy (non-hydrogen) atoms. The Labute approximate surface area is 150 Å². The molecule has 0 saturated heterocycles. The van der Waals surface area contributed by atoms with Gasteiger partial charge in [0.15, 0.2) is 5.69 Å². The summed E-state index contributed by atoms with van der Waals surface area (Å²) in [6.45, 7) is 1.67. The molecule has 0 unspecified atom stereocenters. The number of carbonyl (C=O) groups is 2. The molecule has 2 N–H and O–H groups in total. The molecule has 0 aliphatic heterocycles. The Morgan fingerprint density at radius 2 is 1.85 bits per heavy atom. The van der Waals surface area contributed by atoms with Crippen LogP contribution in [0.5, 0.6) is 0 Å². The number of sulfonamides is 1. The molecule has 1 aromatic heterocycles. The average molecular weight is 379 g/mol. The van der Waals surface area contributed by atoms with Gasteiger partial charge in [-0.2, -0.15) is 0 Å². The average Bonchev–Trinajstić information content (AvgIpc) is 2.62. The van der Waals surface area contributed by atoms with Crippen LogP contribution in [0.1, 0.15) is 17.4 Å². The molecule has 0 fully saturated rings. The van der Waals surface area contributed by atoms with Crippen LogP contribution < -0.4 is 9.62 Å². The number of ether oxygens (including phenoxy) is 1. The van der Waals surface area contributed by atoms with Crippen molar-refractivity contribution < 1.29 is 27.9 Å². The maximum absolute atomic E-state index is 12.9. The number of nitrogens with zero attached hydrogens (tertiary/aromatic N) is 2. The number of pyridine rings is 1. The van der Waals surface area contributed by atoms with E-state index < -0.39 is 22.1 Å². The maximum Gasteiger partial charge on any atom is 0.411 e. The van der Waals surface area contributed by atoms with Crippen molar-refractivity contribution in [1.29, 1.82) is 0 Å². The lowest BCUT2D eigenvalue weighted by molar-refractivity contribution is 0.0690. The lowest BCUT2D eigenvalue weighted by atomic mass is 10.3. The van der Waals surface area contributed by atoms with Gasteiger partial charge in [0.25, 0.3) is 10.0 Å². The topological polar surface area (TPSA) is 126 Å². The zero-order valence-electron chi connectivity index (χ0n) is 14.0. The summed E-state index contributed by atoms with van der Waals surface area (Å²) in [5, 5.41) is 11.4. The fourth-order valence-electron chi connectivity index (χ4n) is 2.14. The highest BCUT2D eigenvalue weighted by Crippen LogP contribution is 2.23. The van der Waals surface area contributed by atoms with Gasteiger partial charge in [0.1, 0.15) is 5.82 Å². The molecule has 1 heterocycles. The highest BCUT2D eigenvalue weighted by molar-refractivity contribution is 7.92. The molecule has 10 heteroatoms. The first-order chi connectivity index (χ1) is 12.3. The van der Waals surface area contributed by atoms with E-state index in [-0.39, 0.29) is 23.0 Å². The summed E-state index contributed by atoms with van der Waals surface area (Å²) in [6, 6.07) is 9.60. The number of rotatable bonds is 6. The van der Waals surface area contributed by atoms with Crippen LogP contribution in [0.3, 0.4) is 0 Å². The Kier molecular flexibility index (Phi) is 5.78. The van der Waals surface area contributed by atoms with Crippen molar-refractivity contribution in [2.45, 2.75) is 11.8 Å². The Balaban J connectivity index is 2.36. The van der Waals surface area contributed by atoms with Crippen LogP contribution in [0.4, 0.5) is 16.3 Å². The molecule has 0 spiro atoms. The Bertz CT molecular complexity index is 912. The molecule has 0 radical (unpaired) electrons.